The highest BCUT2D eigenvalue weighted by molar-refractivity contribution is 6.26. The molecule has 428 valence electrons. The molecule has 0 saturated carbocycles. The number of rotatable bonds is 8. The molecule has 0 aliphatic rings. The quantitative estimate of drug-likeness (QED) is 0.109. The second kappa shape index (κ2) is 18.8. The molecule has 14 rings (SSSR count). The minimum absolute atomic E-state index is 0.0277. The molecule has 0 fully saturated rings. The smallest absolute Gasteiger partial charge is 0.411 e. The van der Waals surface area contributed by atoms with Gasteiger partial charge in [-0.15, -0.1) is 0 Å². The Labute approximate surface area is 476 Å². The fourth-order valence-electron chi connectivity index (χ4n) is 11.9. The van der Waals surface area contributed by atoms with Gasteiger partial charge in [-0.1, -0.05) is 103 Å². The summed E-state index contributed by atoms with van der Waals surface area (Å²) < 4.78 is 206. The van der Waals surface area contributed by atoms with E-state index in [-0.39, 0.29) is 45.5 Å². The zero-order chi connectivity index (χ0) is 60.0. The molecule has 0 aliphatic heterocycles. The van der Waals surface area contributed by atoms with E-state index in [1.807, 2.05) is 24.3 Å². The third kappa shape index (κ3) is 8.15. The Morgan fingerprint density at radius 3 is 1.03 bits per heavy atom. The summed E-state index contributed by atoms with van der Waals surface area (Å²) in [6.07, 6.45) is -23.3. The molecule has 20 heteroatoms. The molecule has 0 unspecified atom stereocenters. The average Bonchev–Trinajstić information content (AvgIpc) is 0.924. The molecule has 0 aliphatic carbocycles. The molecular weight excluding hydrogens is 1140 g/mol. The van der Waals surface area contributed by atoms with Crippen LogP contribution in [0.1, 0.15) is 33.7 Å². The van der Waals surface area contributed by atoms with Crippen LogP contribution in [-0.4, -0.2) is 44.6 Å². The maximum absolute atomic E-state index is 15.4. The third-order valence-electron chi connectivity index (χ3n) is 16.0. The van der Waals surface area contributed by atoms with Crippen molar-refractivity contribution in [3.63, 3.8) is 0 Å². The number of hydrogen-bond donors (Lipinski definition) is 0. The van der Waals surface area contributed by atoms with Crippen LogP contribution in [0.5, 0.6) is 0 Å². The summed E-state index contributed by atoms with van der Waals surface area (Å²) in [5.41, 5.74) is -7.60. The number of hydrogen-bond acceptors (Lipinski definition) is 8. The van der Waals surface area contributed by atoms with Crippen molar-refractivity contribution < 1.29 is 70.4 Å². The monoisotopic (exact) mass is 1180 g/mol. The van der Waals surface area contributed by atoms with Gasteiger partial charge in [0.05, 0.1) is 0 Å². The summed E-state index contributed by atoms with van der Waals surface area (Å²) in [5.74, 6) is 0.308. The van der Waals surface area contributed by atoms with Gasteiger partial charge in [0.1, 0.15) is 22.1 Å². The number of halogens is 12. The van der Waals surface area contributed by atoms with E-state index in [0.29, 0.717) is 71.6 Å². The van der Waals surface area contributed by atoms with Gasteiger partial charge in [0.25, 0.3) is 0 Å². The lowest BCUT2D eigenvalue weighted by atomic mass is 9.72. The number of benzene rings is 10. The van der Waals surface area contributed by atoms with Gasteiger partial charge in [-0.2, -0.15) is 52.7 Å². The molecule has 14 aromatic rings. The van der Waals surface area contributed by atoms with Crippen molar-refractivity contribution >= 4 is 76.7 Å². The lowest BCUT2D eigenvalue weighted by molar-refractivity contribution is -0.290. The first-order valence-corrected chi connectivity index (χ1v) is 26.3. The zero-order valence-corrected chi connectivity index (χ0v) is 44.3. The molecule has 0 saturated heterocycles. The first-order valence-electron chi connectivity index (χ1n) is 26.3. The summed E-state index contributed by atoms with van der Waals surface area (Å²) in [7, 11) is 0. The minimum Gasteiger partial charge on any atom is -0.441 e. The third-order valence-corrected chi connectivity index (χ3v) is 16.0. The highest BCUT2D eigenvalue weighted by atomic mass is 19.4. The number of aromatic nitrogens is 4. The maximum Gasteiger partial charge on any atom is 0.411 e. The van der Waals surface area contributed by atoms with Gasteiger partial charge in [0.15, 0.2) is 28.2 Å². The van der Waals surface area contributed by atoms with E-state index in [0.717, 1.165) is 101 Å². The van der Waals surface area contributed by atoms with Gasteiger partial charge in [0, 0.05) is 34.4 Å². The minimum atomic E-state index is -5.89. The Morgan fingerprint density at radius 1 is 0.302 bits per heavy atom. The Hall–Kier alpha value is -9.98. The average molecular weight is 1180 g/mol. The predicted octanol–water partition coefficient (Wildman–Crippen LogP) is 19.8. The van der Waals surface area contributed by atoms with E-state index in [1.165, 1.54) is 12.1 Å². The van der Waals surface area contributed by atoms with Gasteiger partial charge in [-0.05, 0) is 147 Å². The van der Waals surface area contributed by atoms with Crippen molar-refractivity contribution in [3.8, 4) is 45.5 Å². The maximum atomic E-state index is 15.4. The number of oxazole rings is 4. The van der Waals surface area contributed by atoms with Gasteiger partial charge >= 0.3 is 24.7 Å². The van der Waals surface area contributed by atoms with Crippen LogP contribution in [0.2, 0.25) is 0 Å². The second-order valence-corrected chi connectivity index (χ2v) is 21.0. The molecule has 0 spiro atoms. The van der Waals surface area contributed by atoms with Crippen molar-refractivity contribution in [3.05, 3.63) is 216 Å². The lowest BCUT2D eigenvalue weighted by Gasteiger charge is -2.38. The standard InChI is InChI=1S/C66H36F12N4O4/c1-33-3-15-41(16-4-33)61(63(67,68)69,64(70,71)72)42-19-7-37(8-20-42)59-81-51-29-25-45-47(56(51)85-59)23-11-35-12-24-48-46(55(35)45)26-30-52-57(48)86-60(82-52)38-9-21-44(22-10-38)62(65(73,74)75,66(76,77)78)43-17-5-36(6-18-43)58-80-50-28-14-40(32-54(50)84-58)39-13-27-49-53(31-39)83-34(2)79-49/h3-32H,1-2H3. The van der Waals surface area contributed by atoms with Crippen LogP contribution >= 0.6 is 0 Å². The van der Waals surface area contributed by atoms with Gasteiger partial charge in [0.2, 0.25) is 28.5 Å². The number of fused-ring (bicyclic) bond motifs is 11. The zero-order valence-electron chi connectivity index (χ0n) is 44.3. The van der Waals surface area contributed by atoms with Crippen LogP contribution in [0.3, 0.4) is 0 Å². The second-order valence-electron chi connectivity index (χ2n) is 21.0. The lowest BCUT2D eigenvalue weighted by Crippen LogP contribution is -2.54. The number of aryl methyl sites for hydroxylation is 2. The molecule has 86 heavy (non-hydrogen) atoms. The van der Waals surface area contributed by atoms with Crippen molar-refractivity contribution in [2.45, 2.75) is 49.4 Å². The Balaban J connectivity index is 0.777. The highest BCUT2D eigenvalue weighted by Crippen LogP contribution is 2.58. The molecule has 4 aromatic heterocycles. The van der Waals surface area contributed by atoms with Gasteiger partial charge in [-0.3, -0.25) is 0 Å². The van der Waals surface area contributed by atoms with Crippen LogP contribution in [0.15, 0.2) is 200 Å². The Morgan fingerprint density at radius 2 is 0.628 bits per heavy atom. The fraction of sp³-hybridized carbons (Fsp3) is 0.121. The molecule has 0 amide bonds. The van der Waals surface area contributed by atoms with Crippen molar-refractivity contribution in [2.75, 3.05) is 0 Å². The molecule has 0 bridgehead atoms. The molecule has 0 atom stereocenters. The first-order chi connectivity index (χ1) is 40.9. The summed E-state index contributed by atoms with van der Waals surface area (Å²) in [5, 5.41) is 3.89. The van der Waals surface area contributed by atoms with Crippen LogP contribution in [0, 0.1) is 13.8 Å². The van der Waals surface area contributed by atoms with Gasteiger partial charge < -0.3 is 17.7 Å². The van der Waals surface area contributed by atoms with E-state index in [1.54, 1.807) is 74.5 Å². The van der Waals surface area contributed by atoms with Crippen molar-refractivity contribution in [1.82, 2.24) is 19.9 Å². The number of alkyl halides is 12. The SMILES string of the molecule is Cc1ccc(C(c2ccc(-c3nc4ccc5c(ccc6ccc7c(ccc8nc(-c9ccc(C(c%10ccc(-c%11nc%12ccc(-c%13ccc%14nc(C)oc%14c%13)cc%12o%11)cc%10)(C(F)(F)F)C(F)(F)F)cc9)oc87)c65)c4o3)cc2)(C(F)(F)F)C(F)(F)F)cc1. The summed E-state index contributed by atoms with van der Waals surface area (Å²) in [4.78, 5) is 17.9. The van der Waals surface area contributed by atoms with Crippen LogP contribution in [0.4, 0.5) is 52.7 Å². The highest BCUT2D eigenvalue weighted by Gasteiger charge is 2.73. The largest absolute Gasteiger partial charge is 0.441 e. The molecule has 10 aromatic carbocycles. The Bertz CT molecular complexity index is 4990. The van der Waals surface area contributed by atoms with E-state index >= 15 is 26.3 Å². The first kappa shape index (κ1) is 54.0. The van der Waals surface area contributed by atoms with Crippen molar-refractivity contribution in [1.29, 1.82) is 0 Å². The summed E-state index contributed by atoms with van der Waals surface area (Å²) in [6, 6.07) is 39.8. The molecule has 8 nitrogen and oxygen atoms in total. The van der Waals surface area contributed by atoms with E-state index in [9.17, 15) is 26.3 Å². The van der Waals surface area contributed by atoms with Crippen LogP contribution < -0.4 is 0 Å². The van der Waals surface area contributed by atoms with Crippen LogP contribution in [-0.2, 0) is 10.8 Å². The Kier molecular flexibility index (Phi) is 11.8. The van der Waals surface area contributed by atoms with Crippen molar-refractivity contribution in [2.24, 2.45) is 0 Å². The van der Waals surface area contributed by atoms with E-state index < -0.39 is 57.8 Å². The normalized spacial score (nSPS) is 13.2. The molecule has 0 N–H and O–H groups in total. The van der Waals surface area contributed by atoms with E-state index in [4.69, 9.17) is 17.7 Å². The predicted molar refractivity (Wildman–Crippen MR) is 299 cm³/mol. The molecular formula is C66H36F12N4O4. The topological polar surface area (TPSA) is 104 Å². The molecule has 0 radical (unpaired) electrons. The van der Waals surface area contributed by atoms with Gasteiger partial charge in [-0.25, -0.2) is 19.9 Å². The summed E-state index contributed by atoms with van der Waals surface area (Å²) in [6.45, 7) is 3.28. The summed E-state index contributed by atoms with van der Waals surface area (Å²) >= 11 is 0. The number of nitrogens with zero attached hydrogens (tertiary/aromatic N) is 4. The van der Waals surface area contributed by atoms with Crippen LogP contribution in [0.25, 0.3) is 122 Å². The molecule has 4 heterocycles. The fourth-order valence-corrected chi connectivity index (χ4v) is 11.9. The van der Waals surface area contributed by atoms with E-state index in [2.05, 4.69) is 19.9 Å².